The van der Waals surface area contributed by atoms with Gasteiger partial charge in [0, 0.05) is 53.5 Å². The number of nitrogens with zero attached hydrogens (tertiary/aromatic N) is 1. The van der Waals surface area contributed by atoms with Crippen molar-refractivity contribution in [3.8, 4) is 0 Å². The molecule has 0 radical (unpaired) electrons. The molecule has 2 aromatic rings. The molecule has 0 aliphatic carbocycles. The van der Waals surface area contributed by atoms with E-state index in [4.69, 9.17) is 0 Å². The lowest BCUT2D eigenvalue weighted by molar-refractivity contribution is -0.119. The first kappa shape index (κ1) is 14.9. The highest BCUT2D eigenvalue weighted by atomic mass is 32.2. The minimum atomic E-state index is -3.71. The van der Waals surface area contributed by atoms with Crippen molar-refractivity contribution < 1.29 is 18.0 Å². The lowest BCUT2D eigenvalue weighted by atomic mass is 10.1. The Bertz CT molecular complexity index is 1050. The van der Waals surface area contributed by atoms with Crippen molar-refractivity contribution in [3.05, 3.63) is 35.9 Å². The Balaban J connectivity index is 1.61. The summed E-state index contributed by atoms with van der Waals surface area (Å²) in [5.74, 6) is -0.196. The van der Waals surface area contributed by atoms with E-state index in [1.165, 1.54) is 4.31 Å². The van der Waals surface area contributed by atoms with Crippen LogP contribution >= 0.6 is 0 Å². The van der Waals surface area contributed by atoms with E-state index < -0.39 is 10.0 Å². The summed E-state index contributed by atoms with van der Waals surface area (Å²) in [4.78, 5) is 23.7. The molecule has 128 valence electrons. The molecule has 2 N–H and O–H groups in total. The molecule has 2 amide bonds. The predicted molar refractivity (Wildman–Crippen MR) is 90.7 cm³/mol. The minimum absolute atomic E-state index is 0.0121. The van der Waals surface area contributed by atoms with E-state index in [-0.39, 0.29) is 28.7 Å². The monoisotopic (exact) mass is 357 g/mol. The summed E-state index contributed by atoms with van der Waals surface area (Å²) in [6, 6.07) is 8.21. The van der Waals surface area contributed by atoms with E-state index >= 15 is 0 Å². The van der Waals surface area contributed by atoms with Crippen molar-refractivity contribution in [2.75, 3.05) is 18.4 Å². The van der Waals surface area contributed by atoms with Crippen LogP contribution in [-0.2, 0) is 14.8 Å². The third-order valence-corrected chi connectivity index (χ3v) is 7.20. The highest BCUT2D eigenvalue weighted by Gasteiger charge is 2.44. The first-order chi connectivity index (χ1) is 11.9. The zero-order chi connectivity index (χ0) is 17.3. The Kier molecular flexibility index (Phi) is 2.85. The Hall–Kier alpha value is -2.45. The van der Waals surface area contributed by atoms with Gasteiger partial charge in [-0.25, -0.2) is 8.42 Å². The molecule has 7 nitrogen and oxygen atoms in total. The first-order valence-corrected chi connectivity index (χ1v) is 9.56. The summed E-state index contributed by atoms with van der Waals surface area (Å²) in [6.45, 7) is 0.630. The van der Waals surface area contributed by atoms with Crippen LogP contribution in [-0.4, -0.2) is 43.7 Å². The van der Waals surface area contributed by atoms with Crippen LogP contribution in [0.5, 0.6) is 0 Å². The number of carbonyl (C=O) groups is 2. The summed E-state index contributed by atoms with van der Waals surface area (Å²) in [6.07, 6.45) is 0.374. The number of hydrogen-bond acceptors (Lipinski definition) is 4. The molecule has 2 aromatic carbocycles. The van der Waals surface area contributed by atoms with Crippen molar-refractivity contribution in [2.45, 2.75) is 17.4 Å². The maximum Gasteiger partial charge on any atom is 0.256 e. The molecule has 0 aromatic heterocycles. The van der Waals surface area contributed by atoms with Crippen molar-refractivity contribution >= 4 is 38.3 Å². The average molecular weight is 357 g/mol. The number of benzene rings is 2. The summed E-state index contributed by atoms with van der Waals surface area (Å²) in [5, 5.41) is 6.81. The molecule has 0 saturated carbocycles. The van der Waals surface area contributed by atoms with E-state index in [0.29, 0.717) is 41.5 Å². The smallest absolute Gasteiger partial charge is 0.256 e. The number of rotatable bonds is 2. The minimum Gasteiger partial charge on any atom is -0.352 e. The summed E-state index contributed by atoms with van der Waals surface area (Å²) in [5.41, 5.74) is 1.13. The van der Waals surface area contributed by atoms with Crippen molar-refractivity contribution in [3.63, 3.8) is 0 Å². The van der Waals surface area contributed by atoms with E-state index in [2.05, 4.69) is 10.6 Å². The van der Waals surface area contributed by atoms with Crippen LogP contribution in [0.25, 0.3) is 10.8 Å². The number of carbonyl (C=O) groups excluding carboxylic acids is 2. The van der Waals surface area contributed by atoms with Crippen LogP contribution < -0.4 is 10.6 Å². The van der Waals surface area contributed by atoms with Gasteiger partial charge in [0.1, 0.15) is 0 Å². The molecule has 3 aliphatic heterocycles. The zero-order valence-corrected chi connectivity index (χ0v) is 14.0. The average Bonchev–Trinajstić information content (AvgIpc) is 3.21. The summed E-state index contributed by atoms with van der Waals surface area (Å²) >= 11 is 0. The predicted octanol–water partition coefficient (Wildman–Crippen LogP) is 0.915. The lowest BCUT2D eigenvalue weighted by Crippen LogP contribution is -2.35. The second-order valence-electron chi connectivity index (χ2n) is 6.75. The van der Waals surface area contributed by atoms with Crippen molar-refractivity contribution in [1.82, 2.24) is 9.62 Å². The molecule has 2 atom stereocenters. The molecular formula is C17H15N3O4S. The number of nitrogens with one attached hydrogen (secondary N) is 2. The van der Waals surface area contributed by atoms with Gasteiger partial charge < -0.3 is 10.6 Å². The Morgan fingerprint density at radius 2 is 1.92 bits per heavy atom. The fourth-order valence-electron chi connectivity index (χ4n) is 4.13. The van der Waals surface area contributed by atoms with Gasteiger partial charge in [-0.2, -0.15) is 4.31 Å². The molecule has 3 heterocycles. The first-order valence-electron chi connectivity index (χ1n) is 8.12. The molecule has 0 spiro atoms. The Morgan fingerprint density at radius 1 is 1.08 bits per heavy atom. The standard InChI is InChI=1S/C17H15N3O4S/c21-15-6-9-7-20(8-13(9)18-15)25(23,24)14-5-4-12-16-10(14)2-1-3-11(16)17(22)19-12/h1-5,9,13H,6-8H2,(H,18,21)(H,19,22)/t9-,13+/m0/s1. The van der Waals surface area contributed by atoms with Crippen LogP contribution in [0.3, 0.4) is 0 Å². The SMILES string of the molecule is O=C1C[C@H]2CN(S(=O)(=O)c3ccc4c5c(cccc35)C(=O)N4)C[C@H]2N1. The lowest BCUT2D eigenvalue weighted by Gasteiger charge is -2.19. The van der Waals surface area contributed by atoms with Gasteiger partial charge in [0.2, 0.25) is 15.9 Å². The van der Waals surface area contributed by atoms with E-state index in [1.54, 1.807) is 30.3 Å². The van der Waals surface area contributed by atoms with Gasteiger partial charge in [-0.05, 0) is 18.2 Å². The van der Waals surface area contributed by atoms with Crippen LogP contribution in [0.1, 0.15) is 16.8 Å². The zero-order valence-electron chi connectivity index (χ0n) is 13.2. The highest BCUT2D eigenvalue weighted by Crippen LogP contribution is 2.38. The van der Waals surface area contributed by atoms with Gasteiger partial charge in [-0.1, -0.05) is 12.1 Å². The van der Waals surface area contributed by atoms with Crippen molar-refractivity contribution in [1.29, 1.82) is 0 Å². The third-order valence-electron chi connectivity index (χ3n) is 5.31. The van der Waals surface area contributed by atoms with Gasteiger partial charge in [0.05, 0.1) is 4.90 Å². The number of hydrogen-bond donors (Lipinski definition) is 2. The normalized spacial score (nSPS) is 25.3. The molecule has 2 fully saturated rings. The molecule has 8 heteroatoms. The topological polar surface area (TPSA) is 95.6 Å². The van der Waals surface area contributed by atoms with Crippen LogP contribution in [0.2, 0.25) is 0 Å². The Morgan fingerprint density at radius 3 is 2.72 bits per heavy atom. The quantitative estimate of drug-likeness (QED) is 0.835. The van der Waals surface area contributed by atoms with E-state index in [1.807, 2.05) is 0 Å². The molecular weight excluding hydrogens is 342 g/mol. The number of fused-ring (bicyclic) bond motifs is 1. The fraction of sp³-hybridized carbons (Fsp3) is 0.294. The summed E-state index contributed by atoms with van der Waals surface area (Å²) < 4.78 is 27.8. The maximum absolute atomic E-state index is 13.2. The number of sulfonamides is 1. The molecule has 0 unspecified atom stereocenters. The van der Waals surface area contributed by atoms with Crippen molar-refractivity contribution in [2.24, 2.45) is 5.92 Å². The second-order valence-corrected chi connectivity index (χ2v) is 8.66. The van der Waals surface area contributed by atoms with Gasteiger partial charge in [-0.3, -0.25) is 9.59 Å². The van der Waals surface area contributed by atoms with Gasteiger partial charge in [-0.15, -0.1) is 0 Å². The Labute approximate surface area is 144 Å². The number of anilines is 1. The van der Waals surface area contributed by atoms with Gasteiger partial charge >= 0.3 is 0 Å². The van der Waals surface area contributed by atoms with Gasteiger partial charge in [0.25, 0.3) is 5.91 Å². The van der Waals surface area contributed by atoms with E-state index in [9.17, 15) is 18.0 Å². The van der Waals surface area contributed by atoms with Crippen LogP contribution in [0.4, 0.5) is 5.69 Å². The largest absolute Gasteiger partial charge is 0.352 e. The second kappa shape index (κ2) is 4.80. The molecule has 2 saturated heterocycles. The molecule has 5 rings (SSSR count). The maximum atomic E-state index is 13.2. The number of amides is 2. The molecule has 3 aliphatic rings. The van der Waals surface area contributed by atoms with Gasteiger partial charge in [0.15, 0.2) is 0 Å². The van der Waals surface area contributed by atoms with Crippen LogP contribution in [0.15, 0.2) is 35.2 Å². The highest BCUT2D eigenvalue weighted by molar-refractivity contribution is 7.89. The van der Waals surface area contributed by atoms with E-state index in [0.717, 1.165) is 0 Å². The fourth-order valence-corrected chi connectivity index (χ4v) is 5.84. The van der Waals surface area contributed by atoms with Crippen LogP contribution in [0, 0.1) is 5.92 Å². The third kappa shape index (κ3) is 1.98. The summed E-state index contributed by atoms with van der Waals surface area (Å²) in [7, 11) is -3.71. The molecule has 0 bridgehead atoms. The molecule has 25 heavy (non-hydrogen) atoms.